The fourth-order valence-corrected chi connectivity index (χ4v) is 4.38. The summed E-state index contributed by atoms with van der Waals surface area (Å²) < 4.78 is 29.8. The second kappa shape index (κ2) is 9.90. The number of benzene rings is 1. The Hall–Kier alpha value is -2.65. The molecule has 0 aliphatic carbocycles. The van der Waals surface area contributed by atoms with Crippen molar-refractivity contribution in [3.8, 4) is 0 Å². The molecule has 0 radical (unpaired) electrons. The van der Waals surface area contributed by atoms with Crippen molar-refractivity contribution < 1.29 is 22.4 Å². The van der Waals surface area contributed by atoms with Gasteiger partial charge in [0.2, 0.25) is 15.9 Å². The number of hydrogen-bond acceptors (Lipinski definition) is 5. The summed E-state index contributed by atoms with van der Waals surface area (Å²) in [6.07, 6.45) is 4.35. The highest BCUT2D eigenvalue weighted by Crippen LogP contribution is 2.18. The molecule has 3 rings (SSSR count). The highest BCUT2D eigenvalue weighted by molar-refractivity contribution is 7.88. The fourth-order valence-electron chi connectivity index (χ4n) is 3.51. The van der Waals surface area contributed by atoms with Crippen LogP contribution in [0.3, 0.4) is 0 Å². The van der Waals surface area contributed by atoms with E-state index in [4.69, 9.17) is 4.42 Å². The van der Waals surface area contributed by atoms with Crippen LogP contribution in [0.5, 0.6) is 0 Å². The summed E-state index contributed by atoms with van der Waals surface area (Å²) in [4.78, 5) is 25.3. The van der Waals surface area contributed by atoms with Gasteiger partial charge in [-0.05, 0) is 36.5 Å². The minimum Gasteiger partial charge on any atom is -0.459 e. The van der Waals surface area contributed by atoms with Gasteiger partial charge in [0.05, 0.1) is 12.5 Å². The van der Waals surface area contributed by atoms with Crippen molar-refractivity contribution in [2.75, 3.05) is 25.9 Å². The molecule has 162 valence electrons. The predicted octanol–water partition coefficient (Wildman–Crippen LogP) is 1.41. The minimum atomic E-state index is -3.17. The Labute approximate surface area is 176 Å². The smallest absolute Gasteiger partial charge is 0.287 e. The average molecular weight is 434 g/mol. The highest BCUT2D eigenvalue weighted by Gasteiger charge is 2.27. The molecular formula is C21H27N3O5S. The van der Waals surface area contributed by atoms with Gasteiger partial charge >= 0.3 is 0 Å². The lowest BCUT2D eigenvalue weighted by molar-refractivity contribution is -0.123. The first-order valence-electron chi connectivity index (χ1n) is 9.94. The molecule has 1 saturated heterocycles. The van der Waals surface area contributed by atoms with Gasteiger partial charge < -0.3 is 15.1 Å². The Morgan fingerprint density at radius 2 is 1.83 bits per heavy atom. The molecule has 2 amide bonds. The second-order valence-corrected chi connectivity index (χ2v) is 9.53. The van der Waals surface area contributed by atoms with E-state index in [2.05, 4.69) is 10.6 Å². The molecule has 9 heteroatoms. The molecule has 0 saturated carbocycles. The monoisotopic (exact) mass is 433 g/mol. The number of nitrogens with one attached hydrogen (secondary N) is 2. The molecule has 1 aromatic carbocycles. The average Bonchev–Trinajstić information content (AvgIpc) is 3.27. The van der Waals surface area contributed by atoms with E-state index in [-0.39, 0.29) is 17.6 Å². The number of hydrogen-bond donors (Lipinski definition) is 2. The summed E-state index contributed by atoms with van der Waals surface area (Å²) in [6.45, 7) is 1.36. The third-order valence-corrected chi connectivity index (χ3v) is 6.56. The molecule has 2 aromatic rings. The van der Waals surface area contributed by atoms with Gasteiger partial charge in [-0.2, -0.15) is 0 Å². The van der Waals surface area contributed by atoms with Gasteiger partial charge in [0, 0.05) is 26.1 Å². The number of carbonyl (C=O) groups is 2. The first-order valence-corrected chi connectivity index (χ1v) is 11.8. The van der Waals surface area contributed by atoms with Gasteiger partial charge in [-0.25, -0.2) is 12.7 Å². The van der Waals surface area contributed by atoms with E-state index in [1.165, 1.54) is 16.8 Å². The standard InChI is InChI=1S/C21H27N3O5S/c1-30(27,28)24-11-9-17(10-12-24)15-22-20(25)18(14-16-6-3-2-4-7-16)23-21(26)19-8-5-13-29-19/h2-8,13,17-18H,9-12,14-15H2,1H3,(H,22,25)(H,23,26)/t18-/m1/s1. The largest absolute Gasteiger partial charge is 0.459 e. The number of sulfonamides is 1. The second-order valence-electron chi connectivity index (χ2n) is 7.54. The number of nitrogens with zero attached hydrogens (tertiary/aromatic N) is 1. The molecule has 2 N–H and O–H groups in total. The van der Waals surface area contributed by atoms with Crippen LogP contribution in [-0.2, 0) is 21.2 Å². The Bertz CT molecular complexity index is 936. The molecule has 1 fully saturated rings. The number of amides is 2. The third kappa shape index (κ3) is 6.17. The van der Waals surface area contributed by atoms with E-state index in [0.717, 1.165) is 5.56 Å². The van der Waals surface area contributed by atoms with E-state index in [9.17, 15) is 18.0 Å². The van der Waals surface area contributed by atoms with Crippen molar-refractivity contribution in [3.05, 3.63) is 60.1 Å². The number of furan rings is 1. The fraction of sp³-hybridized carbons (Fsp3) is 0.429. The molecule has 2 heterocycles. The van der Waals surface area contributed by atoms with Gasteiger partial charge in [-0.3, -0.25) is 9.59 Å². The molecule has 1 aliphatic rings. The Balaban J connectivity index is 1.58. The topological polar surface area (TPSA) is 109 Å². The normalized spacial score (nSPS) is 16.7. The summed E-state index contributed by atoms with van der Waals surface area (Å²) in [6, 6.07) is 11.9. The third-order valence-electron chi connectivity index (χ3n) is 5.26. The zero-order valence-electron chi connectivity index (χ0n) is 16.9. The predicted molar refractivity (Wildman–Crippen MR) is 112 cm³/mol. The molecule has 30 heavy (non-hydrogen) atoms. The minimum absolute atomic E-state index is 0.147. The van der Waals surface area contributed by atoms with Crippen molar-refractivity contribution in [2.24, 2.45) is 5.92 Å². The summed E-state index contributed by atoms with van der Waals surface area (Å²) >= 11 is 0. The van der Waals surface area contributed by atoms with Crippen molar-refractivity contribution in [2.45, 2.75) is 25.3 Å². The number of piperidine rings is 1. The summed E-state index contributed by atoms with van der Waals surface area (Å²) in [5.74, 6) is -0.374. The molecule has 0 bridgehead atoms. The molecule has 8 nitrogen and oxygen atoms in total. The van der Waals surface area contributed by atoms with Crippen molar-refractivity contribution in [1.82, 2.24) is 14.9 Å². The van der Waals surface area contributed by atoms with Crippen LogP contribution in [0.2, 0.25) is 0 Å². The maximum atomic E-state index is 12.9. The maximum Gasteiger partial charge on any atom is 0.287 e. The lowest BCUT2D eigenvalue weighted by atomic mass is 9.98. The first-order chi connectivity index (χ1) is 14.3. The van der Waals surface area contributed by atoms with Gasteiger partial charge in [-0.1, -0.05) is 30.3 Å². The van der Waals surface area contributed by atoms with Crippen LogP contribution in [0.15, 0.2) is 53.1 Å². The van der Waals surface area contributed by atoms with Crippen molar-refractivity contribution in [3.63, 3.8) is 0 Å². The van der Waals surface area contributed by atoms with Gasteiger partial charge in [0.25, 0.3) is 5.91 Å². The van der Waals surface area contributed by atoms with E-state index in [1.807, 2.05) is 30.3 Å². The van der Waals surface area contributed by atoms with Crippen molar-refractivity contribution in [1.29, 1.82) is 0 Å². The Kier molecular flexibility index (Phi) is 7.28. The SMILES string of the molecule is CS(=O)(=O)N1CCC(CNC(=O)[C@@H](Cc2ccccc2)NC(=O)c2ccco2)CC1. The number of rotatable bonds is 8. The summed E-state index contributed by atoms with van der Waals surface area (Å²) in [5.41, 5.74) is 0.929. The zero-order chi connectivity index (χ0) is 21.6. The van der Waals surface area contributed by atoms with Gasteiger partial charge in [-0.15, -0.1) is 0 Å². The summed E-state index contributed by atoms with van der Waals surface area (Å²) in [5, 5.41) is 5.67. The lowest BCUT2D eigenvalue weighted by Gasteiger charge is -2.30. The number of carbonyl (C=O) groups excluding carboxylic acids is 2. The van der Waals surface area contributed by atoms with Crippen LogP contribution in [0.1, 0.15) is 29.0 Å². The zero-order valence-corrected chi connectivity index (χ0v) is 17.7. The van der Waals surface area contributed by atoms with E-state index in [1.54, 1.807) is 12.1 Å². The molecule has 1 aromatic heterocycles. The highest BCUT2D eigenvalue weighted by atomic mass is 32.2. The van der Waals surface area contributed by atoms with Crippen LogP contribution in [0.4, 0.5) is 0 Å². The maximum absolute atomic E-state index is 12.9. The van der Waals surface area contributed by atoms with Gasteiger partial charge in [0.1, 0.15) is 6.04 Å². The van der Waals surface area contributed by atoms with Crippen LogP contribution < -0.4 is 10.6 Å². The first kappa shape index (κ1) is 22.0. The van der Waals surface area contributed by atoms with Crippen LogP contribution >= 0.6 is 0 Å². The molecule has 0 unspecified atom stereocenters. The Morgan fingerprint density at radius 1 is 1.13 bits per heavy atom. The quantitative estimate of drug-likeness (QED) is 0.654. The Morgan fingerprint density at radius 3 is 2.43 bits per heavy atom. The van der Waals surface area contributed by atoms with Crippen LogP contribution in [0, 0.1) is 5.92 Å². The van der Waals surface area contributed by atoms with Crippen LogP contribution in [-0.4, -0.2) is 56.5 Å². The van der Waals surface area contributed by atoms with Gasteiger partial charge in [0.15, 0.2) is 5.76 Å². The van der Waals surface area contributed by atoms with Crippen molar-refractivity contribution >= 4 is 21.8 Å². The van der Waals surface area contributed by atoms with E-state index < -0.39 is 22.0 Å². The van der Waals surface area contributed by atoms with E-state index >= 15 is 0 Å². The molecule has 1 atom stereocenters. The van der Waals surface area contributed by atoms with Crippen LogP contribution in [0.25, 0.3) is 0 Å². The van der Waals surface area contributed by atoms with E-state index in [0.29, 0.717) is 38.9 Å². The lowest BCUT2D eigenvalue weighted by Crippen LogP contribution is -2.49. The molecule has 0 spiro atoms. The molecule has 1 aliphatic heterocycles. The molecular weight excluding hydrogens is 406 g/mol. The summed E-state index contributed by atoms with van der Waals surface area (Å²) in [7, 11) is -3.17.